The fourth-order valence-electron chi connectivity index (χ4n) is 2.83. The molecular formula is C17H18N4OS. The number of benzene rings is 1. The second kappa shape index (κ2) is 5.53. The number of rotatable bonds is 5. The molecule has 5 nitrogen and oxygen atoms in total. The van der Waals surface area contributed by atoms with Gasteiger partial charge in [0.15, 0.2) is 10.9 Å². The fourth-order valence-corrected chi connectivity index (χ4v) is 3.72. The van der Waals surface area contributed by atoms with Crippen molar-refractivity contribution in [2.24, 2.45) is 7.05 Å². The highest BCUT2D eigenvalue weighted by atomic mass is 32.2. The predicted octanol–water partition coefficient (Wildman–Crippen LogP) is 3.54. The largest absolute Gasteiger partial charge is 0.360 e. The standard InChI is InChI=1S/C17H18N4OS/c1-10(23-17-20-19-16(21(17)2)11-7-8-11)15(22)13-9-18-14-6-4-3-5-12(13)14/h3-6,9-11,18H,7-8H2,1-2H3/t10-/m0/s1. The maximum atomic E-state index is 12.8. The molecule has 0 aliphatic heterocycles. The first-order chi connectivity index (χ1) is 11.1. The number of nitrogens with zero attached hydrogens (tertiary/aromatic N) is 3. The van der Waals surface area contributed by atoms with Crippen LogP contribution in [0.3, 0.4) is 0 Å². The number of aromatic amines is 1. The predicted molar refractivity (Wildman–Crippen MR) is 90.9 cm³/mol. The second-order valence-electron chi connectivity index (χ2n) is 6.05. The van der Waals surface area contributed by atoms with Gasteiger partial charge in [0, 0.05) is 35.6 Å². The molecule has 23 heavy (non-hydrogen) atoms. The summed E-state index contributed by atoms with van der Waals surface area (Å²) in [5, 5.41) is 10.1. The van der Waals surface area contributed by atoms with E-state index in [1.54, 1.807) is 6.20 Å². The molecule has 1 atom stereocenters. The topological polar surface area (TPSA) is 63.6 Å². The first-order valence-corrected chi connectivity index (χ1v) is 8.69. The lowest BCUT2D eigenvalue weighted by Gasteiger charge is -2.09. The smallest absolute Gasteiger partial charge is 0.191 e. The van der Waals surface area contributed by atoms with E-state index < -0.39 is 0 Å². The van der Waals surface area contributed by atoms with E-state index in [0.717, 1.165) is 27.4 Å². The van der Waals surface area contributed by atoms with Gasteiger partial charge in [-0.2, -0.15) is 0 Å². The fraction of sp³-hybridized carbons (Fsp3) is 0.353. The molecule has 118 valence electrons. The Bertz CT molecular complexity index is 878. The number of H-pyrrole nitrogens is 1. The van der Waals surface area contributed by atoms with Crippen molar-refractivity contribution in [2.45, 2.75) is 36.1 Å². The van der Waals surface area contributed by atoms with Crippen LogP contribution < -0.4 is 0 Å². The van der Waals surface area contributed by atoms with Gasteiger partial charge in [0.1, 0.15) is 5.82 Å². The van der Waals surface area contributed by atoms with E-state index in [2.05, 4.69) is 15.2 Å². The molecule has 0 bridgehead atoms. The molecule has 0 radical (unpaired) electrons. The normalized spacial score (nSPS) is 15.9. The molecule has 0 unspecified atom stereocenters. The monoisotopic (exact) mass is 326 g/mol. The minimum Gasteiger partial charge on any atom is -0.360 e. The lowest BCUT2D eigenvalue weighted by molar-refractivity contribution is 0.0995. The molecule has 4 rings (SSSR count). The van der Waals surface area contributed by atoms with Crippen LogP contribution in [0.1, 0.15) is 41.9 Å². The summed E-state index contributed by atoms with van der Waals surface area (Å²) in [6, 6.07) is 7.87. The first-order valence-electron chi connectivity index (χ1n) is 7.81. The van der Waals surface area contributed by atoms with E-state index >= 15 is 0 Å². The zero-order valence-corrected chi connectivity index (χ0v) is 13.9. The third kappa shape index (κ3) is 2.57. The Hall–Kier alpha value is -2.08. The van der Waals surface area contributed by atoms with Crippen molar-refractivity contribution in [3.05, 3.63) is 41.9 Å². The Morgan fingerprint density at radius 3 is 2.91 bits per heavy atom. The summed E-state index contributed by atoms with van der Waals surface area (Å²) in [4.78, 5) is 16.0. The van der Waals surface area contributed by atoms with Crippen molar-refractivity contribution < 1.29 is 4.79 Å². The average molecular weight is 326 g/mol. The summed E-state index contributed by atoms with van der Waals surface area (Å²) < 4.78 is 2.03. The summed E-state index contributed by atoms with van der Waals surface area (Å²) in [6.45, 7) is 1.93. The van der Waals surface area contributed by atoms with Crippen molar-refractivity contribution in [1.82, 2.24) is 19.7 Å². The summed E-state index contributed by atoms with van der Waals surface area (Å²) in [5.41, 5.74) is 1.73. The molecule has 1 aromatic carbocycles. The average Bonchev–Trinajstić information content (AvgIpc) is 3.21. The number of Topliss-reactive ketones (excluding diaryl/α,β-unsaturated/α-hetero) is 1. The van der Waals surface area contributed by atoms with Crippen molar-refractivity contribution >= 4 is 28.4 Å². The molecule has 2 aromatic heterocycles. The van der Waals surface area contributed by atoms with Crippen LogP contribution in [0.2, 0.25) is 0 Å². The first kappa shape index (κ1) is 14.5. The zero-order chi connectivity index (χ0) is 16.0. The Balaban J connectivity index is 1.56. The Morgan fingerprint density at radius 1 is 1.35 bits per heavy atom. The second-order valence-corrected chi connectivity index (χ2v) is 7.35. The number of hydrogen-bond acceptors (Lipinski definition) is 4. The van der Waals surface area contributed by atoms with E-state index in [1.165, 1.54) is 24.6 Å². The zero-order valence-electron chi connectivity index (χ0n) is 13.1. The number of carbonyl (C=O) groups excluding carboxylic acids is 1. The van der Waals surface area contributed by atoms with Gasteiger partial charge in [-0.15, -0.1) is 10.2 Å². The van der Waals surface area contributed by atoms with Gasteiger partial charge < -0.3 is 9.55 Å². The van der Waals surface area contributed by atoms with Crippen molar-refractivity contribution in [2.75, 3.05) is 0 Å². The Labute approximate surface area is 138 Å². The molecule has 0 amide bonds. The summed E-state index contributed by atoms with van der Waals surface area (Å²) in [6.07, 6.45) is 4.19. The lowest BCUT2D eigenvalue weighted by Crippen LogP contribution is -2.14. The number of fused-ring (bicyclic) bond motifs is 1. The van der Waals surface area contributed by atoms with Crippen LogP contribution in [0.4, 0.5) is 0 Å². The maximum Gasteiger partial charge on any atom is 0.191 e. The number of carbonyl (C=O) groups is 1. The molecule has 0 spiro atoms. The number of aromatic nitrogens is 4. The van der Waals surface area contributed by atoms with E-state index in [9.17, 15) is 4.79 Å². The van der Waals surface area contributed by atoms with Crippen LogP contribution in [0.5, 0.6) is 0 Å². The minimum absolute atomic E-state index is 0.114. The van der Waals surface area contributed by atoms with Crippen molar-refractivity contribution in [3.8, 4) is 0 Å². The van der Waals surface area contributed by atoms with Gasteiger partial charge in [-0.25, -0.2) is 0 Å². The SMILES string of the molecule is C[C@H](Sc1nnc(C2CC2)n1C)C(=O)c1c[nH]c2ccccc12. The Morgan fingerprint density at radius 2 is 2.13 bits per heavy atom. The molecule has 1 aliphatic rings. The lowest BCUT2D eigenvalue weighted by atomic mass is 10.1. The molecule has 1 saturated carbocycles. The van der Waals surface area contributed by atoms with Gasteiger partial charge in [0.25, 0.3) is 0 Å². The molecule has 2 heterocycles. The number of ketones is 1. The van der Waals surface area contributed by atoms with Gasteiger partial charge in [0.2, 0.25) is 0 Å². The third-order valence-corrected chi connectivity index (χ3v) is 5.45. The summed E-state index contributed by atoms with van der Waals surface area (Å²) in [7, 11) is 1.98. The van der Waals surface area contributed by atoms with E-state index in [1.807, 2.05) is 42.8 Å². The Kier molecular flexibility index (Phi) is 3.49. The highest BCUT2D eigenvalue weighted by molar-refractivity contribution is 8.00. The summed E-state index contributed by atoms with van der Waals surface area (Å²) >= 11 is 1.48. The molecular weight excluding hydrogens is 308 g/mol. The number of hydrogen-bond donors (Lipinski definition) is 1. The van der Waals surface area contributed by atoms with Crippen LogP contribution in [0.25, 0.3) is 10.9 Å². The number of para-hydroxylation sites is 1. The van der Waals surface area contributed by atoms with Gasteiger partial charge in [0.05, 0.1) is 5.25 Å². The third-order valence-electron chi connectivity index (χ3n) is 4.32. The molecule has 1 aliphatic carbocycles. The van der Waals surface area contributed by atoms with E-state index in [-0.39, 0.29) is 11.0 Å². The van der Waals surface area contributed by atoms with Gasteiger partial charge in [-0.05, 0) is 25.8 Å². The molecule has 1 N–H and O–H groups in total. The highest BCUT2D eigenvalue weighted by Gasteiger charge is 2.30. The van der Waals surface area contributed by atoms with Crippen molar-refractivity contribution in [1.29, 1.82) is 0 Å². The maximum absolute atomic E-state index is 12.8. The number of nitrogens with one attached hydrogen (secondary N) is 1. The molecule has 1 fully saturated rings. The van der Waals surface area contributed by atoms with Crippen molar-refractivity contribution in [3.63, 3.8) is 0 Å². The van der Waals surface area contributed by atoms with Gasteiger partial charge in [-0.1, -0.05) is 30.0 Å². The highest BCUT2D eigenvalue weighted by Crippen LogP contribution is 2.40. The van der Waals surface area contributed by atoms with E-state index in [4.69, 9.17) is 0 Å². The van der Waals surface area contributed by atoms with Crippen LogP contribution in [0.15, 0.2) is 35.6 Å². The summed E-state index contributed by atoms with van der Waals surface area (Å²) in [5.74, 6) is 1.71. The van der Waals surface area contributed by atoms with Gasteiger partial charge in [-0.3, -0.25) is 4.79 Å². The molecule has 6 heteroatoms. The minimum atomic E-state index is -0.204. The van der Waals surface area contributed by atoms with Gasteiger partial charge >= 0.3 is 0 Å². The van der Waals surface area contributed by atoms with Crippen LogP contribution in [0, 0.1) is 0 Å². The molecule has 0 saturated heterocycles. The van der Waals surface area contributed by atoms with Crippen LogP contribution in [-0.2, 0) is 7.05 Å². The van der Waals surface area contributed by atoms with E-state index in [0.29, 0.717) is 5.92 Å². The quantitative estimate of drug-likeness (QED) is 0.575. The van der Waals surface area contributed by atoms with Crippen LogP contribution in [-0.4, -0.2) is 30.8 Å². The number of thioether (sulfide) groups is 1. The molecule has 3 aromatic rings. The van der Waals surface area contributed by atoms with Crippen LogP contribution >= 0.6 is 11.8 Å².